The average Bonchev–Trinajstić information content (AvgIpc) is 2.66. The van der Waals surface area contributed by atoms with Crippen molar-refractivity contribution in [3.63, 3.8) is 0 Å². The third-order valence-corrected chi connectivity index (χ3v) is 4.92. The fourth-order valence-electron chi connectivity index (χ4n) is 2.57. The van der Waals surface area contributed by atoms with Crippen molar-refractivity contribution >= 4 is 52.4 Å². The molecule has 1 N–H and O–H groups in total. The van der Waals surface area contributed by atoms with E-state index in [1.807, 2.05) is 12.2 Å². The Bertz CT molecular complexity index is 712. The molecule has 26 heavy (non-hydrogen) atoms. The first-order valence-electron chi connectivity index (χ1n) is 7.88. The molecule has 0 saturated carbocycles. The van der Waals surface area contributed by atoms with Crippen molar-refractivity contribution in [1.29, 1.82) is 0 Å². The van der Waals surface area contributed by atoms with Crippen LogP contribution in [0, 0.1) is 11.8 Å². The number of nitrogens with one attached hydrogen (secondary N) is 1. The predicted octanol–water partition coefficient (Wildman–Crippen LogP) is 4.64. The molecule has 2 atom stereocenters. The van der Waals surface area contributed by atoms with Gasteiger partial charge in [-0.3, -0.25) is 9.59 Å². The highest BCUT2D eigenvalue weighted by atomic mass is 35.5. The van der Waals surface area contributed by atoms with Crippen molar-refractivity contribution < 1.29 is 19.1 Å². The minimum Gasteiger partial charge on any atom is -0.497 e. The van der Waals surface area contributed by atoms with E-state index in [4.69, 9.17) is 44.3 Å². The van der Waals surface area contributed by atoms with Crippen molar-refractivity contribution in [2.75, 3.05) is 19.0 Å². The van der Waals surface area contributed by atoms with E-state index in [1.54, 1.807) is 31.4 Å². The minimum absolute atomic E-state index is 0.0345. The fourth-order valence-corrected chi connectivity index (χ4v) is 2.73. The van der Waals surface area contributed by atoms with E-state index in [-0.39, 0.29) is 22.0 Å². The molecule has 1 aromatic carbocycles. The number of amides is 1. The summed E-state index contributed by atoms with van der Waals surface area (Å²) in [7, 11) is 1.57. The van der Waals surface area contributed by atoms with Crippen molar-refractivity contribution in [1.82, 2.24) is 0 Å². The van der Waals surface area contributed by atoms with Crippen molar-refractivity contribution in [2.45, 2.75) is 12.8 Å². The van der Waals surface area contributed by atoms with Gasteiger partial charge in [0.05, 0.1) is 24.0 Å². The molecule has 0 bridgehead atoms. The van der Waals surface area contributed by atoms with Crippen molar-refractivity contribution in [2.24, 2.45) is 11.8 Å². The number of anilines is 1. The maximum absolute atomic E-state index is 12.6. The van der Waals surface area contributed by atoms with Gasteiger partial charge in [-0.15, -0.1) is 0 Å². The summed E-state index contributed by atoms with van der Waals surface area (Å²) in [6, 6.07) is 6.95. The summed E-state index contributed by atoms with van der Waals surface area (Å²) in [6.07, 6.45) is 4.59. The molecule has 0 heterocycles. The summed E-state index contributed by atoms with van der Waals surface area (Å²) in [5, 5.41) is 2.85. The SMILES string of the molecule is COc1ccc(NC(=O)[C@H]2CC=CC[C@H]2C(=O)OCC(Cl)=C(Cl)Cl)cc1. The standard InChI is InChI=1S/C18H18Cl3NO4/c1-25-12-8-6-11(7-9-12)22-17(23)13-4-2-3-5-14(13)18(24)26-10-15(19)16(20)21/h2-3,6-9,13-14H,4-5,10H2,1H3,(H,22,23)/t13-,14+/m0/s1. The normalized spacial score (nSPS) is 18.8. The smallest absolute Gasteiger partial charge is 0.310 e. The zero-order valence-electron chi connectivity index (χ0n) is 14.0. The quantitative estimate of drug-likeness (QED) is 0.540. The largest absolute Gasteiger partial charge is 0.497 e. The molecule has 1 aromatic rings. The lowest BCUT2D eigenvalue weighted by molar-refractivity contribution is -0.151. The van der Waals surface area contributed by atoms with E-state index in [1.165, 1.54) is 0 Å². The third kappa shape index (κ3) is 5.66. The molecular weight excluding hydrogens is 401 g/mol. The highest BCUT2D eigenvalue weighted by Crippen LogP contribution is 2.29. The van der Waals surface area contributed by atoms with Crippen LogP contribution < -0.4 is 10.1 Å². The molecule has 1 aliphatic carbocycles. The van der Waals surface area contributed by atoms with Crippen LogP contribution in [0.3, 0.4) is 0 Å². The van der Waals surface area contributed by atoms with Gasteiger partial charge in [-0.2, -0.15) is 0 Å². The molecule has 0 aliphatic heterocycles. The molecule has 0 fully saturated rings. The number of carbonyl (C=O) groups is 2. The van der Waals surface area contributed by atoms with Crippen LogP contribution in [0.4, 0.5) is 5.69 Å². The van der Waals surface area contributed by atoms with Gasteiger partial charge in [0.25, 0.3) is 0 Å². The van der Waals surface area contributed by atoms with Crippen LogP contribution >= 0.6 is 34.8 Å². The Morgan fingerprint density at radius 2 is 1.69 bits per heavy atom. The summed E-state index contributed by atoms with van der Waals surface area (Å²) in [5.74, 6) is -1.22. The van der Waals surface area contributed by atoms with Gasteiger partial charge in [0.2, 0.25) is 5.91 Å². The lowest BCUT2D eigenvalue weighted by Gasteiger charge is -2.26. The number of methoxy groups -OCH3 is 1. The number of benzene rings is 1. The second-order valence-electron chi connectivity index (χ2n) is 5.65. The number of esters is 1. The van der Waals surface area contributed by atoms with Crippen molar-refractivity contribution in [3.8, 4) is 5.75 Å². The molecule has 0 spiro atoms. The van der Waals surface area contributed by atoms with Crippen LogP contribution in [0.1, 0.15) is 12.8 Å². The van der Waals surface area contributed by atoms with Crippen LogP contribution in [0.15, 0.2) is 45.9 Å². The lowest BCUT2D eigenvalue weighted by atomic mass is 9.82. The second kappa shape index (κ2) is 9.86. The van der Waals surface area contributed by atoms with E-state index < -0.39 is 17.8 Å². The number of ether oxygens (including phenoxy) is 2. The Morgan fingerprint density at radius 3 is 2.27 bits per heavy atom. The molecule has 140 valence electrons. The van der Waals surface area contributed by atoms with Gasteiger partial charge in [0, 0.05) is 5.69 Å². The summed E-state index contributed by atoms with van der Waals surface area (Å²) in [5.41, 5.74) is 0.623. The first kappa shape index (κ1) is 20.6. The van der Waals surface area contributed by atoms with Crippen LogP contribution in [-0.2, 0) is 14.3 Å². The van der Waals surface area contributed by atoms with E-state index in [0.29, 0.717) is 24.3 Å². The first-order valence-corrected chi connectivity index (χ1v) is 9.02. The van der Waals surface area contributed by atoms with E-state index in [2.05, 4.69) is 5.32 Å². The van der Waals surface area contributed by atoms with Gasteiger partial charge in [-0.05, 0) is 37.1 Å². The number of hydrogen-bond acceptors (Lipinski definition) is 4. The topological polar surface area (TPSA) is 64.6 Å². The average molecular weight is 419 g/mol. The van der Waals surface area contributed by atoms with Crippen molar-refractivity contribution in [3.05, 3.63) is 45.9 Å². The number of rotatable bonds is 6. The van der Waals surface area contributed by atoms with Crippen LogP contribution in [0.2, 0.25) is 0 Å². The summed E-state index contributed by atoms with van der Waals surface area (Å²) in [4.78, 5) is 25.0. The fraction of sp³-hybridized carbons (Fsp3) is 0.333. The minimum atomic E-state index is -0.600. The van der Waals surface area contributed by atoms with Gasteiger partial charge in [-0.25, -0.2) is 0 Å². The van der Waals surface area contributed by atoms with E-state index in [0.717, 1.165) is 0 Å². The summed E-state index contributed by atoms with van der Waals surface area (Å²) in [6.45, 7) is -0.226. The Kier molecular flexibility index (Phi) is 7.82. The maximum atomic E-state index is 12.6. The Morgan fingerprint density at radius 1 is 1.08 bits per heavy atom. The highest BCUT2D eigenvalue weighted by molar-refractivity contribution is 6.59. The first-order chi connectivity index (χ1) is 12.4. The van der Waals surface area contributed by atoms with E-state index >= 15 is 0 Å². The molecule has 0 saturated heterocycles. The van der Waals surface area contributed by atoms with Crippen LogP contribution in [0.5, 0.6) is 5.75 Å². The molecule has 5 nitrogen and oxygen atoms in total. The number of carbonyl (C=O) groups excluding carboxylic acids is 2. The monoisotopic (exact) mass is 417 g/mol. The molecule has 0 aromatic heterocycles. The third-order valence-electron chi connectivity index (χ3n) is 3.98. The van der Waals surface area contributed by atoms with Gasteiger partial charge in [0.1, 0.15) is 16.8 Å². The molecule has 8 heteroatoms. The zero-order chi connectivity index (χ0) is 19.1. The molecule has 2 rings (SSSR count). The highest BCUT2D eigenvalue weighted by Gasteiger charge is 2.35. The predicted molar refractivity (Wildman–Crippen MR) is 103 cm³/mol. The van der Waals surface area contributed by atoms with Gasteiger partial charge in [-0.1, -0.05) is 47.0 Å². The Balaban J connectivity index is 2.02. The second-order valence-corrected chi connectivity index (χ2v) is 7.05. The Labute approximate surface area is 166 Å². The summed E-state index contributed by atoms with van der Waals surface area (Å²) < 4.78 is 10.1. The molecule has 0 unspecified atom stereocenters. The number of allylic oxidation sites excluding steroid dienone is 2. The maximum Gasteiger partial charge on any atom is 0.310 e. The molecule has 1 aliphatic rings. The summed E-state index contributed by atoms with van der Waals surface area (Å²) >= 11 is 16.8. The number of halogens is 3. The Hall–Kier alpha value is -1.69. The van der Waals surface area contributed by atoms with Gasteiger partial charge >= 0.3 is 5.97 Å². The zero-order valence-corrected chi connectivity index (χ0v) is 16.3. The molecular formula is C18H18Cl3NO4. The van der Waals surface area contributed by atoms with Crippen LogP contribution in [0.25, 0.3) is 0 Å². The van der Waals surface area contributed by atoms with Gasteiger partial charge < -0.3 is 14.8 Å². The number of hydrogen-bond donors (Lipinski definition) is 1. The van der Waals surface area contributed by atoms with E-state index in [9.17, 15) is 9.59 Å². The van der Waals surface area contributed by atoms with Gasteiger partial charge in [0.15, 0.2) is 0 Å². The molecule has 0 radical (unpaired) electrons. The lowest BCUT2D eigenvalue weighted by Crippen LogP contribution is -2.36. The molecule has 1 amide bonds. The van der Waals surface area contributed by atoms with Crippen LogP contribution in [-0.4, -0.2) is 25.6 Å².